The van der Waals surface area contributed by atoms with Crippen LogP contribution in [0.4, 0.5) is 23.2 Å². The molecule has 0 N–H and O–H groups in total. The number of hydrogen-bond donors (Lipinski definition) is 0. The highest BCUT2D eigenvalue weighted by Gasteiger charge is 2.36. The quantitative estimate of drug-likeness (QED) is 0.232. The lowest BCUT2D eigenvalue weighted by Gasteiger charge is -2.32. The molecule has 1 atom stereocenters. The molecule has 31 heavy (non-hydrogen) atoms. The molecule has 1 unspecified atom stereocenters. The van der Waals surface area contributed by atoms with E-state index in [4.69, 9.17) is 4.74 Å². The van der Waals surface area contributed by atoms with Gasteiger partial charge >= 0.3 is 5.97 Å². The summed E-state index contributed by atoms with van der Waals surface area (Å²) in [6.07, 6.45) is -0.151. The molecule has 3 aromatic rings. The number of fused-ring (bicyclic) bond motifs is 2. The SMILES string of the molecule is CCOC(=O)CC1Sc2ccccc2N(Cc2nc3c(F)c(F)c(F)c(F)c3s2)C1=O. The molecule has 0 bridgehead atoms. The number of carbonyl (C=O) groups excluding carboxylic acids is 2. The van der Waals surface area contributed by atoms with Gasteiger partial charge in [-0.05, 0) is 19.1 Å². The molecular formula is C20H14F4N2O3S2. The number of hydrogen-bond acceptors (Lipinski definition) is 6. The van der Waals surface area contributed by atoms with Crippen LogP contribution in [-0.2, 0) is 20.9 Å². The lowest BCUT2D eigenvalue weighted by Crippen LogP contribution is -2.41. The normalized spacial score (nSPS) is 16.0. The molecule has 0 aliphatic carbocycles. The number of anilines is 1. The predicted octanol–water partition coefficient (Wildman–Crippen LogP) is 4.81. The van der Waals surface area contributed by atoms with E-state index in [-0.39, 0.29) is 24.6 Å². The first kappa shape index (κ1) is 21.6. The zero-order valence-electron chi connectivity index (χ0n) is 16.0. The second-order valence-electron chi connectivity index (χ2n) is 6.55. The van der Waals surface area contributed by atoms with Crippen molar-refractivity contribution in [3.8, 4) is 0 Å². The van der Waals surface area contributed by atoms with Crippen molar-refractivity contribution in [3.63, 3.8) is 0 Å². The lowest BCUT2D eigenvalue weighted by atomic mass is 10.2. The van der Waals surface area contributed by atoms with E-state index < -0.39 is 50.6 Å². The Balaban J connectivity index is 1.71. The van der Waals surface area contributed by atoms with Crippen molar-refractivity contribution in [2.75, 3.05) is 11.5 Å². The van der Waals surface area contributed by atoms with E-state index in [1.807, 2.05) is 0 Å². The Morgan fingerprint density at radius 2 is 1.84 bits per heavy atom. The van der Waals surface area contributed by atoms with Crippen LogP contribution in [-0.4, -0.2) is 28.7 Å². The highest BCUT2D eigenvalue weighted by molar-refractivity contribution is 8.01. The molecule has 1 aromatic heterocycles. The summed E-state index contributed by atoms with van der Waals surface area (Å²) in [7, 11) is 0. The van der Waals surface area contributed by atoms with Crippen molar-refractivity contribution in [2.24, 2.45) is 0 Å². The molecule has 4 rings (SSSR count). The van der Waals surface area contributed by atoms with Crippen LogP contribution in [0.1, 0.15) is 18.4 Å². The summed E-state index contributed by atoms with van der Waals surface area (Å²) < 4.78 is 59.7. The number of nitrogens with zero attached hydrogens (tertiary/aromatic N) is 2. The van der Waals surface area contributed by atoms with Gasteiger partial charge in [-0.3, -0.25) is 9.59 Å². The molecule has 2 heterocycles. The van der Waals surface area contributed by atoms with Gasteiger partial charge < -0.3 is 9.64 Å². The van der Waals surface area contributed by atoms with Crippen molar-refractivity contribution < 1.29 is 31.9 Å². The predicted molar refractivity (Wildman–Crippen MR) is 108 cm³/mol. The average Bonchev–Trinajstić information content (AvgIpc) is 3.18. The third kappa shape index (κ3) is 3.87. The van der Waals surface area contributed by atoms with E-state index >= 15 is 0 Å². The van der Waals surface area contributed by atoms with Gasteiger partial charge in [-0.2, -0.15) is 0 Å². The van der Waals surface area contributed by atoms with Crippen molar-refractivity contribution in [2.45, 2.75) is 30.0 Å². The zero-order valence-corrected chi connectivity index (χ0v) is 17.6. The van der Waals surface area contributed by atoms with Crippen LogP contribution in [0.15, 0.2) is 29.2 Å². The smallest absolute Gasteiger partial charge is 0.307 e. The molecule has 5 nitrogen and oxygen atoms in total. The fourth-order valence-electron chi connectivity index (χ4n) is 3.20. The summed E-state index contributed by atoms with van der Waals surface area (Å²) in [6, 6.07) is 6.96. The van der Waals surface area contributed by atoms with E-state index in [2.05, 4.69) is 4.98 Å². The highest BCUT2D eigenvalue weighted by Crippen LogP contribution is 2.41. The monoisotopic (exact) mass is 470 g/mol. The minimum Gasteiger partial charge on any atom is -0.466 e. The number of aromatic nitrogens is 1. The molecular weight excluding hydrogens is 456 g/mol. The number of ether oxygens (including phenoxy) is 1. The van der Waals surface area contributed by atoms with Crippen molar-refractivity contribution in [1.82, 2.24) is 4.98 Å². The first-order valence-electron chi connectivity index (χ1n) is 9.15. The number of amides is 1. The molecule has 0 saturated heterocycles. The van der Waals surface area contributed by atoms with Gasteiger partial charge in [-0.25, -0.2) is 22.5 Å². The average molecular weight is 470 g/mol. The minimum atomic E-state index is -1.94. The van der Waals surface area contributed by atoms with E-state index in [9.17, 15) is 27.2 Å². The lowest BCUT2D eigenvalue weighted by molar-refractivity contribution is -0.144. The Hall–Kier alpha value is -2.66. The van der Waals surface area contributed by atoms with Gasteiger partial charge in [0.25, 0.3) is 0 Å². The van der Waals surface area contributed by atoms with Crippen LogP contribution in [0, 0.1) is 23.3 Å². The fraction of sp³-hybridized carbons (Fsp3) is 0.250. The first-order valence-corrected chi connectivity index (χ1v) is 10.9. The maximum atomic E-state index is 14.1. The second kappa shape index (κ2) is 8.46. The summed E-state index contributed by atoms with van der Waals surface area (Å²) in [5.74, 6) is -7.90. The minimum absolute atomic E-state index is 0.0859. The van der Waals surface area contributed by atoms with E-state index in [1.165, 1.54) is 16.7 Å². The van der Waals surface area contributed by atoms with E-state index in [0.717, 1.165) is 4.90 Å². The van der Waals surface area contributed by atoms with Crippen LogP contribution < -0.4 is 4.90 Å². The second-order valence-corrected chi connectivity index (χ2v) is 8.88. The van der Waals surface area contributed by atoms with Crippen LogP contribution >= 0.6 is 23.1 Å². The third-order valence-corrected chi connectivity index (χ3v) is 6.86. The Morgan fingerprint density at radius 3 is 2.58 bits per heavy atom. The first-order chi connectivity index (χ1) is 14.8. The van der Waals surface area contributed by atoms with Gasteiger partial charge in [0.15, 0.2) is 23.3 Å². The molecule has 1 amide bonds. The zero-order chi connectivity index (χ0) is 22.3. The summed E-state index contributed by atoms with van der Waals surface area (Å²) in [6.45, 7) is 1.66. The van der Waals surface area contributed by atoms with E-state index in [1.54, 1.807) is 31.2 Å². The number of carbonyl (C=O) groups is 2. The molecule has 162 valence electrons. The molecule has 0 spiro atoms. The van der Waals surface area contributed by atoms with Gasteiger partial charge in [0.2, 0.25) is 5.91 Å². The summed E-state index contributed by atoms with van der Waals surface area (Å²) in [4.78, 5) is 31.0. The van der Waals surface area contributed by atoms with Gasteiger partial charge in [-0.1, -0.05) is 12.1 Å². The number of thiazole rings is 1. The fourth-order valence-corrected chi connectivity index (χ4v) is 5.39. The number of para-hydroxylation sites is 1. The molecule has 0 saturated carbocycles. The van der Waals surface area contributed by atoms with Crippen LogP contribution in [0.3, 0.4) is 0 Å². The van der Waals surface area contributed by atoms with Crippen molar-refractivity contribution >= 4 is 50.9 Å². The molecule has 1 aliphatic rings. The number of rotatable bonds is 5. The van der Waals surface area contributed by atoms with Gasteiger partial charge in [0.1, 0.15) is 10.5 Å². The molecule has 11 heteroatoms. The Bertz CT molecular complexity index is 1160. The van der Waals surface area contributed by atoms with Crippen molar-refractivity contribution in [3.05, 3.63) is 52.5 Å². The number of halogens is 4. The van der Waals surface area contributed by atoms with E-state index in [0.29, 0.717) is 17.0 Å². The summed E-state index contributed by atoms with van der Waals surface area (Å²) >= 11 is 1.85. The van der Waals surface area contributed by atoms with Crippen LogP contribution in [0.25, 0.3) is 10.2 Å². The van der Waals surface area contributed by atoms with Gasteiger partial charge in [0.05, 0.1) is 35.2 Å². The topological polar surface area (TPSA) is 59.5 Å². The Labute approximate surface area is 182 Å². The summed E-state index contributed by atoms with van der Waals surface area (Å²) in [5.41, 5.74) is -0.0956. The molecule has 2 aromatic carbocycles. The molecule has 0 radical (unpaired) electrons. The number of esters is 1. The van der Waals surface area contributed by atoms with Gasteiger partial charge in [0, 0.05) is 4.90 Å². The number of thioether (sulfide) groups is 1. The standard InChI is InChI=1S/C20H14F4N2O3S2/c1-2-29-13(27)7-11-20(28)26(9-5-3-4-6-10(9)30-11)8-12-25-18-16(23)14(21)15(22)17(24)19(18)31-12/h3-6,11H,2,7-8H2,1H3. The molecule has 1 aliphatic heterocycles. The Morgan fingerprint density at radius 1 is 1.13 bits per heavy atom. The third-order valence-electron chi connectivity index (χ3n) is 4.57. The Kier molecular flexibility index (Phi) is 5.89. The summed E-state index contributed by atoms with van der Waals surface area (Å²) in [5, 5.41) is -0.672. The highest BCUT2D eigenvalue weighted by atomic mass is 32.2. The maximum absolute atomic E-state index is 14.1. The number of benzene rings is 2. The maximum Gasteiger partial charge on any atom is 0.307 e. The van der Waals surface area contributed by atoms with Crippen molar-refractivity contribution in [1.29, 1.82) is 0 Å². The van der Waals surface area contributed by atoms with Crippen LogP contribution in [0.5, 0.6) is 0 Å². The van der Waals surface area contributed by atoms with Gasteiger partial charge in [-0.15, -0.1) is 23.1 Å². The molecule has 0 fully saturated rings. The largest absolute Gasteiger partial charge is 0.466 e. The van der Waals surface area contributed by atoms with Crippen LogP contribution in [0.2, 0.25) is 0 Å².